The third-order valence-electron chi connectivity index (χ3n) is 2.57. The van der Waals surface area contributed by atoms with Crippen molar-refractivity contribution < 1.29 is 21.6 Å². The fourth-order valence-electron chi connectivity index (χ4n) is 1.70. The van der Waals surface area contributed by atoms with Crippen molar-refractivity contribution >= 4 is 26.0 Å². The molecule has 0 aliphatic rings. The van der Waals surface area contributed by atoms with Gasteiger partial charge in [0.05, 0.1) is 12.2 Å². The van der Waals surface area contributed by atoms with Crippen molar-refractivity contribution in [2.75, 3.05) is 0 Å². The van der Waals surface area contributed by atoms with E-state index in [0.717, 1.165) is 6.07 Å². The van der Waals surface area contributed by atoms with Crippen LogP contribution in [0, 0.1) is 18.6 Å². The molecule has 1 heterocycles. The van der Waals surface area contributed by atoms with Gasteiger partial charge in [-0.15, -0.1) is 0 Å². The Bertz CT molecular complexity index is 754. The van der Waals surface area contributed by atoms with Crippen molar-refractivity contribution in [2.24, 2.45) is 0 Å². The van der Waals surface area contributed by atoms with E-state index in [4.69, 9.17) is 4.42 Å². The topological polar surface area (TPSA) is 72.2 Å². The minimum atomic E-state index is -4.22. The van der Waals surface area contributed by atoms with Crippen LogP contribution < -0.4 is 4.72 Å². The van der Waals surface area contributed by atoms with E-state index >= 15 is 0 Å². The van der Waals surface area contributed by atoms with Crippen LogP contribution in [0.25, 0.3) is 0 Å². The molecule has 0 amide bonds. The molecule has 5 nitrogen and oxygen atoms in total. The first-order valence-corrected chi connectivity index (χ1v) is 8.07. The maximum Gasteiger partial charge on any atom is 0.245 e. The first kappa shape index (κ1) is 16.1. The lowest BCUT2D eigenvalue weighted by molar-refractivity contribution is 0.427. The number of nitrogens with one attached hydrogen (secondary N) is 1. The van der Waals surface area contributed by atoms with Gasteiger partial charge in [-0.2, -0.15) is 4.72 Å². The summed E-state index contributed by atoms with van der Waals surface area (Å²) >= 11 is 2.85. The Hall–Kier alpha value is -1.32. The summed E-state index contributed by atoms with van der Waals surface area (Å²) in [4.78, 5) is 3.23. The van der Waals surface area contributed by atoms with Crippen molar-refractivity contribution in [3.63, 3.8) is 0 Å². The van der Waals surface area contributed by atoms with Gasteiger partial charge in [0.15, 0.2) is 0 Å². The van der Waals surface area contributed by atoms with Gasteiger partial charge in [0.2, 0.25) is 15.9 Å². The maximum atomic E-state index is 13.7. The Kier molecular flexibility index (Phi) is 4.45. The molecule has 0 saturated carbocycles. The first-order valence-electron chi connectivity index (χ1n) is 5.80. The zero-order chi connectivity index (χ0) is 15.8. The summed E-state index contributed by atoms with van der Waals surface area (Å²) in [7, 11) is -4.22. The lowest BCUT2D eigenvalue weighted by atomic mass is 10.3. The standard InChI is InChI=1S/C12H11BrF2N2O3S/c1-6-5-16-12(20-6)7(2)17-21(18,19)11-9(13)3-8(14)4-10(11)15/h3-5,7,17H,1-2H3. The fourth-order valence-corrected chi connectivity index (χ4v) is 4.06. The number of aryl methyl sites for hydroxylation is 1. The summed E-state index contributed by atoms with van der Waals surface area (Å²) in [5.41, 5.74) is 0. The fraction of sp³-hybridized carbons (Fsp3) is 0.250. The van der Waals surface area contributed by atoms with E-state index in [1.165, 1.54) is 13.1 Å². The Morgan fingerprint density at radius 1 is 1.38 bits per heavy atom. The second-order valence-electron chi connectivity index (χ2n) is 4.35. The van der Waals surface area contributed by atoms with E-state index < -0.39 is 32.6 Å². The van der Waals surface area contributed by atoms with Gasteiger partial charge in [-0.1, -0.05) is 0 Å². The minimum Gasteiger partial charge on any atom is -0.444 e. The Morgan fingerprint density at radius 3 is 2.57 bits per heavy atom. The molecule has 21 heavy (non-hydrogen) atoms. The number of sulfonamides is 1. The van der Waals surface area contributed by atoms with Gasteiger partial charge in [0.25, 0.3) is 0 Å². The van der Waals surface area contributed by atoms with Crippen LogP contribution in [0.15, 0.2) is 32.1 Å². The third-order valence-corrected chi connectivity index (χ3v) is 5.08. The number of hydrogen-bond donors (Lipinski definition) is 1. The smallest absolute Gasteiger partial charge is 0.245 e. The zero-order valence-electron chi connectivity index (χ0n) is 11.0. The summed E-state index contributed by atoms with van der Waals surface area (Å²) in [5, 5.41) is 0. The molecule has 114 valence electrons. The number of hydrogen-bond acceptors (Lipinski definition) is 4. The van der Waals surface area contributed by atoms with E-state index in [1.807, 2.05) is 0 Å². The van der Waals surface area contributed by atoms with E-state index in [-0.39, 0.29) is 10.4 Å². The van der Waals surface area contributed by atoms with Crippen LogP contribution in [-0.4, -0.2) is 13.4 Å². The van der Waals surface area contributed by atoms with Crippen LogP contribution in [0.5, 0.6) is 0 Å². The molecule has 0 aliphatic carbocycles. The number of nitrogens with zero attached hydrogens (tertiary/aromatic N) is 1. The van der Waals surface area contributed by atoms with Crippen molar-refractivity contribution in [1.29, 1.82) is 0 Å². The number of benzene rings is 1. The maximum absolute atomic E-state index is 13.7. The van der Waals surface area contributed by atoms with Gasteiger partial charge in [0.1, 0.15) is 22.3 Å². The van der Waals surface area contributed by atoms with Crippen molar-refractivity contribution in [3.8, 4) is 0 Å². The number of halogens is 3. The van der Waals surface area contributed by atoms with Gasteiger partial charge in [-0.25, -0.2) is 22.2 Å². The predicted molar refractivity (Wildman–Crippen MR) is 74.0 cm³/mol. The summed E-state index contributed by atoms with van der Waals surface area (Å²) in [6.07, 6.45) is 1.44. The molecule has 1 N–H and O–H groups in total. The van der Waals surface area contributed by atoms with Crippen LogP contribution in [0.1, 0.15) is 24.6 Å². The second-order valence-corrected chi connectivity index (χ2v) is 6.86. The van der Waals surface area contributed by atoms with Crippen LogP contribution in [0.2, 0.25) is 0 Å². The molecule has 1 unspecified atom stereocenters. The molecule has 0 spiro atoms. The molecule has 1 aromatic heterocycles. The first-order chi connectivity index (χ1) is 9.70. The van der Waals surface area contributed by atoms with Crippen molar-refractivity contribution in [1.82, 2.24) is 9.71 Å². The van der Waals surface area contributed by atoms with Gasteiger partial charge in [-0.3, -0.25) is 0 Å². The molecule has 0 radical (unpaired) electrons. The summed E-state index contributed by atoms with van der Waals surface area (Å²) in [6.45, 7) is 3.16. The lowest BCUT2D eigenvalue weighted by Gasteiger charge is -2.13. The molecule has 0 saturated heterocycles. The van der Waals surface area contributed by atoms with E-state index in [1.54, 1.807) is 6.92 Å². The van der Waals surface area contributed by atoms with Crippen molar-refractivity contribution in [3.05, 3.63) is 46.1 Å². The number of aromatic nitrogens is 1. The SMILES string of the molecule is Cc1cnc(C(C)NS(=O)(=O)c2c(F)cc(F)cc2Br)o1. The molecular weight excluding hydrogens is 370 g/mol. The highest BCUT2D eigenvalue weighted by atomic mass is 79.9. The molecule has 1 atom stereocenters. The Labute approximate surface area is 128 Å². The Balaban J connectivity index is 2.35. The van der Waals surface area contributed by atoms with Crippen LogP contribution in [0.4, 0.5) is 8.78 Å². The van der Waals surface area contributed by atoms with E-state index in [9.17, 15) is 17.2 Å². The van der Waals surface area contributed by atoms with Gasteiger partial charge in [-0.05, 0) is 35.8 Å². The molecule has 2 aromatic rings. The van der Waals surface area contributed by atoms with Crippen molar-refractivity contribution in [2.45, 2.75) is 24.8 Å². The second kappa shape index (κ2) is 5.82. The van der Waals surface area contributed by atoms with E-state index in [0.29, 0.717) is 11.8 Å². The molecule has 0 fully saturated rings. The summed E-state index contributed by atoms with van der Waals surface area (Å²) in [5.74, 6) is -1.40. The number of rotatable bonds is 4. The summed E-state index contributed by atoms with van der Waals surface area (Å²) in [6, 6.07) is 0.566. The Morgan fingerprint density at radius 2 is 2.05 bits per heavy atom. The minimum absolute atomic E-state index is 0.148. The van der Waals surface area contributed by atoms with Crippen LogP contribution in [-0.2, 0) is 10.0 Å². The molecule has 9 heteroatoms. The van der Waals surface area contributed by atoms with Gasteiger partial charge < -0.3 is 4.42 Å². The highest BCUT2D eigenvalue weighted by Crippen LogP contribution is 2.27. The molecule has 0 bridgehead atoms. The van der Waals surface area contributed by atoms with Gasteiger partial charge in [0, 0.05) is 10.5 Å². The molecule has 2 rings (SSSR count). The predicted octanol–water partition coefficient (Wildman–Crippen LogP) is 3.06. The van der Waals surface area contributed by atoms with Gasteiger partial charge >= 0.3 is 0 Å². The molecule has 1 aromatic carbocycles. The van der Waals surface area contributed by atoms with Crippen LogP contribution in [0.3, 0.4) is 0 Å². The largest absolute Gasteiger partial charge is 0.444 e. The number of oxazole rings is 1. The molecule has 0 aliphatic heterocycles. The molecular formula is C12H11BrF2N2O3S. The normalized spacial score (nSPS) is 13.4. The average molecular weight is 381 g/mol. The van der Waals surface area contributed by atoms with Crippen LogP contribution >= 0.6 is 15.9 Å². The summed E-state index contributed by atoms with van der Waals surface area (Å²) < 4.78 is 58.4. The zero-order valence-corrected chi connectivity index (χ0v) is 13.4. The quantitative estimate of drug-likeness (QED) is 0.884. The van der Waals surface area contributed by atoms with E-state index in [2.05, 4.69) is 25.6 Å². The highest BCUT2D eigenvalue weighted by Gasteiger charge is 2.27. The average Bonchev–Trinajstić information content (AvgIpc) is 2.73. The highest BCUT2D eigenvalue weighted by molar-refractivity contribution is 9.10. The third kappa shape index (κ3) is 3.47. The monoisotopic (exact) mass is 380 g/mol. The lowest BCUT2D eigenvalue weighted by Crippen LogP contribution is -2.28.